The Hall–Kier alpha value is -1.51. The van der Waals surface area contributed by atoms with Gasteiger partial charge in [0.1, 0.15) is 0 Å². The molecule has 1 heterocycles. The fourth-order valence-electron chi connectivity index (χ4n) is 2.12. The zero-order chi connectivity index (χ0) is 11.9. The summed E-state index contributed by atoms with van der Waals surface area (Å²) in [5.74, 6) is 1.56. The molecule has 0 saturated carbocycles. The first-order chi connectivity index (χ1) is 7.52. The lowest BCUT2D eigenvalue weighted by Crippen LogP contribution is -2.23. The standard InChI is InChI=1S/C13H17NO2/c1-8-13(2,3)11-9(14-8)6-7-10(15-4)12(11)16-5/h6-7H,1-5H3. The lowest BCUT2D eigenvalue weighted by Gasteiger charge is -2.23. The van der Waals surface area contributed by atoms with Gasteiger partial charge in [-0.2, -0.15) is 0 Å². The molecule has 0 radical (unpaired) electrons. The quantitative estimate of drug-likeness (QED) is 0.765. The van der Waals surface area contributed by atoms with Gasteiger partial charge in [0.05, 0.1) is 19.9 Å². The fourth-order valence-corrected chi connectivity index (χ4v) is 2.12. The lowest BCUT2D eigenvalue weighted by molar-refractivity contribution is 0.349. The van der Waals surface area contributed by atoms with Crippen LogP contribution in [-0.2, 0) is 5.41 Å². The molecule has 86 valence electrons. The van der Waals surface area contributed by atoms with E-state index in [2.05, 4.69) is 18.8 Å². The van der Waals surface area contributed by atoms with E-state index in [4.69, 9.17) is 9.47 Å². The van der Waals surface area contributed by atoms with Gasteiger partial charge in [-0.1, -0.05) is 13.8 Å². The van der Waals surface area contributed by atoms with Crippen molar-refractivity contribution in [2.24, 2.45) is 4.99 Å². The zero-order valence-electron chi connectivity index (χ0n) is 10.4. The summed E-state index contributed by atoms with van der Waals surface area (Å²) < 4.78 is 10.8. The molecule has 3 heteroatoms. The van der Waals surface area contributed by atoms with Crippen LogP contribution in [0.25, 0.3) is 0 Å². The summed E-state index contributed by atoms with van der Waals surface area (Å²) in [6, 6.07) is 3.88. The van der Waals surface area contributed by atoms with Crippen LogP contribution in [0.2, 0.25) is 0 Å². The van der Waals surface area contributed by atoms with Crippen LogP contribution in [0.3, 0.4) is 0 Å². The Morgan fingerprint density at radius 3 is 2.38 bits per heavy atom. The van der Waals surface area contributed by atoms with Crippen molar-refractivity contribution in [1.82, 2.24) is 0 Å². The maximum absolute atomic E-state index is 5.46. The van der Waals surface area contributed by atoms with Gasteiger partial charge in [-0.05, 0) is 19.1 Å². The summed E-state index contributed by atoms with van der Waals surface area (Å²) >= 11 is 0. The smallest absolute Gasteiger partial charge is 0.166 e. The van der Waals surface area contributed by atoms with Crippen LogP contribution in [0.4, 0.5) is 5.69 Å². The van der Waals surface area contributed by atoms with E-state index in [1.807, 2.05) is 19.1 Å². The van der Waals surface area contributed by atoms with Crippen molar-refractivity contribution in [2.75, 3.05) is 14.2 Å². The Kier molecular flexibility index (Phi) is 2.41. The van der Waals surface area contributed by atoms with Crippen molar-refractivity contribution in [3.63, 3.8) is 0 Å². The molecule has 0 N–H and O–H groups in total. The molecule has 0 fully saturated rings. The summed E-state index contributed by atoms with van der Waals surface area (Å²) in [6.45, 7) is 6.35. The van der Waals surface area contributed by atoms with Gasteiger partial charge in [0, 0.05) is 16.7 Å². The predicted octanol–water partition coefficient (Wildman–Crippen LogP) is 3.09. The summed E-state index contributed by atoms with van der Waals surface area (Å²) in [7, 11) is 3.32. The molecule has 3 nitrogen and oxygen atoms in total. The molecule has 0 aliphatic carbocycles. The zero-order valence-corrected chi connectivity index (χ0v) is 10.4. The second kappa shape index (κ2) is 3.51. The number of hydrogen-bond donors (Lipinski definition) is 0. The molecule has 2 rings (SSSR count). The first-order valence-corrected chi connectivity index (χ1v) is 5.33. The van der Waals surface area contributed by atoms with Crippen LogP contribution in [0.15, 0.2) is 17.1 Å². The van der Waals surface area contributed by atoms with Gasteiger partial charge < -0.3 is 9.47 Å². The van der Waals surface area contributed by atoms with Crippen LogP contribution in [0.5, 0.6) is 11.5 Å². The molecule has 0 aromatic heterocycles. The number of rotatable bonds is 2. The van der Waals surface area contributed by atoms with Crippen LogP contribution >= 0.6 is 0 Å². The lowest BCUT2D eigenvalue weighted by atomic mass is 9.81. The highest BCUT2D eigenvalue weighted by Gasteiger charge is 2.36. The van der Waals surface area contributed by atoms with Gasteiger partial charge >= 0.3 is 0 Å². The number of benzene rings is 1. The van der Waals surface area contributed by atoms with Crippen molar-refractivity contribution >= 4 is 11.4 Å². The van der Waals surface area contributed by atoms with Crippen LogP contribution in [0.1, 0.15) is 26.3 Å². The highest BCUT2D eigenvalue weighted by molar-refractivity contribution is 6.00. The number of hydrogen-bond acceptors (Lipinski definition) is 3. The molecule has 1 aromatic rings. The summed E-state index contributed by atoms with van der Waals surface area (Å²) in [5.41, 5.74) is 3.12. The Labute approximate surface area is 96.1 Å². The Morgan fingerprint density at radius 2 is 1.81 bits per heavy atom. The van der Waals surface area contributed by atoms with Gasteiger partial charge in [-0.25, -0.2) is 0 Å². The van der Waals surface area contributed by atoms with E-state index in [-0.39, 0.29) is 5.41 Å². The monoisotopic (exact) mass is 219 g/mol. The molecule has 16 heavy (non-hydrogen) atoms. The van der Waals surface area contributed by atoms with E-state index in [9.17, 15) is 0 Å². The van der Waals surface area contributed by atoms with Crippen molar-refractivity contribution in [3.8, 4) is 11.5 Å². The third kappa shape index (κ3) is 1.31. The molecule has 1 aromatic carbocycles. The maximum Gasteiger partial charge on any atom is 0.166 e. The second-order valence-electron chi connectivity index (χ2n) is 4.52. The molecule has 0 unspecified atom stereocenters. The predicted molar refractivity (Wildman–Crippen MR) is 65.3 cm³/mol. The maximum atomic E-state index is 5.46. The minimum absolute atomic E-state index is 0.0881. The van der Waals surface area contributed by atoms with Gasteiger partial charge in [0.2, 0.25) is 0 Å². The van der Waals surface area contributed by atoms with Crippen LogP contribution in [-0.4, -0.2) is 19.9 Å². The third-order valence-electron chi connectivity index (χ3n) is 3.34. The number of ether oxygens (including phenoxy) is 2. The van der Waals surface area contributed by atoms with Crippen molar-refractivity contribution in [2.45, 2.75) is 26.2 Å². The topological polar surface area (TPSA) is 30.8 Å². The van der Waals surface area contributed by atoms with E-state index in [1.54, 1.807) is 14.2 Å². The Morgan fingerprint density at radius 1 is 1.12 bits per heavy atom. The molecule has 0 spiro atoms. The number of methoxy groups -OCH3 is 2. The first kappa shape index (κ1) is 11.0. The van der Waals surface area contributed by atoms with E-state index in [0.717, 1.165) is 28.5 Å². The third-order valence-corrected chi connectivity index (χ3v) is 3.34. The Balaban J connectivity index is 2.70. The largest absolute Gasteiger partial charge is 0.493 e. The van der Waals surface area contributed by atoms with Crippen LogP contribution in [0, 0.1) is 0 Å². The highest BCUT2D eigenvalue weighted by atomic mass is 16.5. The van der Waals surface area contributed by atoms with Gasteiger partial charge in [0.15, 0.2) is 11.5 Å². The average molecular weight is 219 g/mol. The highest BCUT2D eigenvalue weighted by Crippen LogP contribution is 2.48. The van der Waals surface area contributed by atoms with Crippen molar-refractivity contribution < 1.29 is 9.47 Å². The molecule has 0 saturated heterocycles. The minimum Gasteiger partial charge on any atom is -0.493 e. The molecular weight excluding hydrogens is 202 g/mol. The van der Waals surface area contributed by atoms with Gasteiger partial charge in [-0.15, -0.1) is 0 Å². The van der Waals surface area contributed by atoms with Crippen molar-refractivity contribution in [1.29, 1.82) is 0 Å². The summed E-state index contributed by atoms with van der Waals surface area (Å²) in [5, 5.41) is 0. The number of fused-ring (bicyclic) bond motifs is 1. The first-order valence-electron chi connectivity index (χ1n) is 5.33. The number of aliphatic imine (C=N–C) groups is 1. The fraction of sp³-hybridized carbons (Fsp3) is 0.462. The van der Waals surface area contributed by atoms with E-state index in [0.29, 0.717) is 0 Å². The van der Waals surface area contributed by atoms with E-state index >= 15 is 0 Å². The molecule has 0 bridgehead atoms. The van der Waals surface area contributed by atoms with Gasteiger partial charge in [0.25, 0.3) is 0 Å². The summed E-state index contributed by atoms with van der Waals surface area (Å²) in [4.78, 5) is 4.57. The molecular formula is C13H17NO2. The second-order valence-corrected chi connectivity index (χ2v) is 4.52. The van der Waals surface area contributed by atoms with Gasteiger partial charge in [-0.3, -0.25) is 4.99 Å². The van der Waals surface area contributed by atoms with Crippen LogP contribution < -0.4 is 9.47 Å². The average Bonchev–Trinajstić information content (AvgIpc) is 2.49. The molecule has 1 aliphatic rings. The summed E-state index contributed by atoms with van der Waals surface area (Å²) in [6.07, 6.45) is 0. The van der Waals surface area contributed by atoms with Crippen molar-refractivity contribution in [3.05, 3.63) is 17.7 Å². The molecule has 0 amide bonds. The molecule has 0 atom stereocenters. The SMILES string of the molecule is COc1ccc2c(c1OC)C(C)(C)C(C)=N2. The number of nitrogens with zero attached hydrogens (tertiary/aromatic N) is 1. The normalized spacial score (nSPS) is 16.7. The van der Waals surface area contributed by atoms with E-state index < -0.39 is 0 Å². The minimum atomic E-state index is -0.0881. The van der Waals surface area contributed by atoms with E-state index in [1.165, 1.54) is 0 Å². The molecule has 1 aliphatic heterocycles. The Bertz CT molecular complexity index is 461.